The zero-order valence-electron chi connectivity index (χ0n) is 13.6. The second-order valence-corrected chi connectivity index (χ2v) is 5.89. The van der Waals surface area contributed by atoms with Gasteiger partial charge in [0.05, 0.1) is 11.6 Å². The van der Waals surface area contributed by atoms with E-state index in [2.05, 4.69) is 23.5 Å². The maximum Gasteiger partial charge on any atom is 0.253 e. The molecule has 0 saturated carbocycles. The van der Waals surface area contributed by atoms with E-state index in [9.17, 15) is 4.79 Å². The van der Waals surface area contributed by atoms with Crippen molar-refractivity contribution in [2.75, 3.05) is 5.73 Å². The molecule has 0 aromatic heterocycles. The Morgan fingerprint density at radius 1 is 1.08 bits per heavy atom. The van der Waals surface area contributed by atoms with Crippen LogP contribution in [0.4, 0.5) is 5.69 Å². The van der Waals surface area contributed by atoms with Gasteiger partial charge in [-0.15, -0.1) is 0 Å². The number of nitrogen functional groups attached to an aromatic ring is 1. The zero-order chi connectivity index (χ0) is 17.1. The van der Waals surface area contributed by atoms with Crippen molar-refractivity contribution < 1.29 is 4.79 Å². The molecule has 5 N–H and O–H groups in total. The lowest BCUT2D eigenvalue weighted by Crippen LogP contribution is -2.27. The summed E-state index contributed by atoms with van der Waals surface area (Å²) in [4.78, 5) is 12.6. The molecular formula is C20H21N3O. The van der Waals surface area contributed by atoms with Crippen molar-refractivity contribution in [2.45, 2.75) is 19.5 Å². The number of nitrogens with two attached hydrogens (primary N) is 2. The summed E-state index contributed by atoms with van der Waals surface area (Å²) in [5.74, 6) is -0.191. The molecule has 3 aromatic rings. The molecule has 0 bridgehead atoms. The molecule has 0 heterocycles. The first kappa shape index (κ1) is 16.0. The Hall–Kier alpha value is -2.85. The van der Waals surface area contributed by atoms with Crippen LogP contribution in [0, 0.1) is 0 Å². The van der Waals surface area contributed by atoms with E-state index in [1.165, 1.54) is 0 Å². The summed E-state index contributed by atoms with van der Waals surface area (Å²) in [5.41, 5.74) is 14.5. The number of nitrogens with one attached hydrogen (secondary N) is 1. The molecule has 122 valence electrons. The largest absolute Gasteiger partial charge is 0.398 e. The van der Waals surface area contributed by atoms with Crippen molar-refractivity contribution in [2.24, 2.45) is 5.73 Å². The van der Waals surface area contributed by atoms with Crippen molar-refractivity contribution in [3.63, 3.8) is 0 Å². The van der Waals surface area contributed by atoms with E-state index in [0.717, 1.165) is 21.9 Å². The first-order valence-electron chi connectivity index (χ1n) is 7.97. The van der Waals surface area contributed by atoms with Crippen molar-refractivity contribution in [3.05, 3.63) is 77.4 Å². The molecule has 0 saturated heterocycles. The molecule has 0 spiro atoms. The fraction of sp³-hybridized carbons (Fsp3) is 0.150. The average Bonchev–Trinajstić information content (AvgIpc) is 2.61. The zero-order valence-corrected chi connectivity index (χ0v) is 13.6. The van der Waals surface area contributed by atoms with Gasteiger partial charge in [0.1, 0.15) is 0 Å². The molecule has 3 rings (SSSR count). The number of hydrogen-bond donors (Lipinski definition) is 3. The summed E-state index contributed by atoms with van der Waals surface area (Å²) in [6.07, 6.45) is 0. The Balaban J connectivity index is 1.89. The Labute approximate surface area is 141 Å². The van der Waals surface area contributed by atoms with Crippen molar-refractivity contribution >= 4 is 22.4 Å². The van der Waals surface area contributed by atoms with E-state index in [1.54, 1.807) is 12.1 Å². The maximum atomic E-state index is 12.6. The molecule has 3 aromatic carbocycles. The molecule has 1 amide bonds. The van der Waals surface area contributed by atoms with Gasteiger partial charge in [0.25, 0.3) is 5.91 Å². The SMILES string of the molecule is CC(NC(=O)c1cc(CN)ccc1N)c1cccc2ccccc12. The van der Waals surface area contributed by atoms with Gasteiger partial charge in [-0.1, -0.05) is 48.5 Å². The van der Waals surface area contributed by atoms with E-state index in [4.69, 9.17) is 11.5 Å². The van der Waals surface area contributed by atoms with Crippen molar-refractivity contribution in [1.29, 1.82) is 0 Å². The molecule has 1 atom stereocenters. The summed E-state index contributed by atoms with van der Waals surface area (Å²) in [6, 6.07) is 19.4. The van der Waals surface area contributed by atoms with Crippen LogP contribution in [-0.2, 0) is 6.54 Å². The number of rotatable bonds is 4. The van der Waals surface area contributed by atoms with Crippen LogP contribution in [0.1, 0.15) is 34.5 Å². The number of amides is 1. The molecule has 0 aliphatic heterocycles. The monoisotopic (exact) mass is 319 g/mol. The third-order valence-corrected chi connectivity index (χ3v) is 4.24. The predicted molar refractivity (Wildman–Crippen MR) is 98.6 cm³/mol. The van der Waals surface area contributed by atoms with Crippen LogP contribution in [0.25, 0.3) is 10.8 Å². The lowest BCUT2D eigenvalue weighted by molar-refractivity contribution is 0.0941. The van der Waals surface area contributed by atoms with Crippen LogP contribution in [0.2, 0.25) is 0 Å². The number of fused-ring (bicyclic) bond motifs is 1. The lowest BCUT2D eigenvalue weighted by Gasteiger charge is -2.17. The van der Waals surface area contributed by atoms with Crippen LogP contribution >= 0.6 is 0 Å². The van der Waals surface area contributed by atoms with Gasteiger partial charge in [-0.25, -0.2) is 0 Å². The minimum absolute atomic E-state index is 0.135. The van der Waals surface area contributed by atoms with E-state index < -0.39 is 0 Å². The highest BCUT2D eigenvalue weighted by Crippen LogP contribution is 2.25. The van der Waals surface area contributed by atoms with Crippen molar-refractivity contribution in [1.82, 2.24) is 5.32 Å². The minimum Gasteiger partial charge on any atom is -0.398 e. The Morgan fingerprint density at radius 2 is 1.83 bits per heavy atom. The van der Waals surface area contributed by atoms with Crippen LogP contribution in [0.5, 0.6) is 0 Å². The first-order chi connectivity index (χ1) is 11.6. The van der Waals surface area contributed by atoms with Gasteiger partial charge >= 0.3 is 0 Å². The van der Waals surface area contributed by atoms with E-state index in [1.807, 2.05) is 37.3 Å². The molecule has 0 aliphatic carbocycles. The molecule has 0 radical (unpaired) electrons. The number of benzene rings is 3. The highest BCUT2D eigenvalue weighted by Gasteiger charge is 2.15. The van der Waals surface area contributed by atoms with Crippen LogP contribution < -0.4 is 16.8 Å². The Kier molecular flexibility index (Phi) is 4.49. The van der Waals surface area contributed by atoms with Gasteiger partial charge < -0.3 is 16.8 Å². The minimum atomic E-state index is -0.191. The number of carbonyl (C=O) groups excluding carboxylic acids is 1. The van der Waals surface area contributed by atoms with Crippen LogP contribution in [0.15, 0.2) is 60.7 Å². The average molecular weight is 319 g/mol. The van der Waals surface area contributed by atoms with Gasteiger partial charge in [0, 0.05) is 12.2 Å². The molecule has 4 nitrogen and oxygen atoms in total. The quantitative estimate of drug-likeness (QED) is 0.645. The number of anilines is 1. The van der Waals surface area contributed by atoms with Gasteiger partial charge in [0.15, 0.2) is 0 Å². The van der Waals surface area contributed by atoms with Gasteiger partial charge in [-0.3, -0.25) is 4.79 Å². The van der Waals surface area contributed by atoms with Gasteiger partial charge in [0.2, 0.25) is 0 Å². The van der Waals surface area contributed by atoms with Gasteiger partial charge in [-0.05, 0) is 41.0 Å². The smallest absolute Gasteiger partial charge is 0.253 e. The third kappa shape index (κ3) is 3.09. The molecular weight excluding hydrogens is 298 g/mol. The second-order valence-electron chi connectivity index (χ2n) is 5.89. The maximum absolute atomic E-state index is 12.6. The summed E-state index contributed by atoms with van der Waals surface area (Å²) >= 11 is 0. The highest BCUT2D eigenvalue weighted by atomic mass is 16.1. The van der Waals surface area contributed by atoms with Gasteiger partial charge in [-0.2, -0.15) is 0 Å². The fourth-order valence-electron chi connectivity index (χ4n) is 2.91. The first-order valence-corrected chi connectivity index (χ1v) is 7.97. The number of carbonyl (C=O) groups is 1. The summed E-state index contributed by atoms with van der Waals surface area (Å²) < 4.78 is 0. The predicted octanol–water partition coefficient (Wildman–Crippen LogP) is 3.37. The normalized spacial score (nSPS) is 12.1. The molecule has 1 unspecified atom stereocenters. The van der Waals surface area contributed by atoms with E-state index >= 15 is 0 Å². The topological polar surface area (TPSA) is 81.1 Å². The third-order valence-electron chi connectivity index (χ3n) is 4.24. The standard InChI is InChI=1S/C20H21N3O/c1-13(16-8-4-6-15-5-2-3-7-17(15)16)23-20(24)18-11-14(12-21)9-10-19(18)22/h2-11,13H,12,21-22H2,1H3,(H,23,24). The Morgan fingerprint density at radius 3 is 2.62 bits per heavy atom. The van der Waals surface area contributed by atoms with Crippen molar-refractivity contribution in [3.8, 4) is 0 Å². The highest BCUT2D eigenvalue weighted by molar-refractivity contribution is 5.99. The lowest BCUT2D eigenvalue weighted by atomic mass is 9.99. The summed E-state index contributed by atoms with van der Waals surface area (Å²) in [6.45, 7) is 2.35. The summed E-state index contributed by atoms with van der Waals surface area (Å²) in [7, 11) is 0. The summed E-state index contributed by atoms with van der Waals surface area (Å²) in [5, 5.41) is 5.33. The Bertz CT molecular complexity index is 884. The van der Waals surface area contributed by atoms with Crippen LogP contribution in [0.3, 0.4) is 0 Å². The van der Waals surface area contributed by atoms with E-state index in [0.29, 0.717) is 17.8 Å². The molecule has 24 heavy (non-hydrogen) atoms. The number of hydrogen-bond acceptors (Lipinski definition) is 3. The molecule has 4 heteroatoms. The molecule has 0 fully saturated rings. The fourth-order valence-corrected chi connectivity index (χ4v) is 2.91. The van der Waals surface area contributed by atoms with Crippen LogP contribution in [-0.4, -0.2) is 5.91 Å². The molecule has 0 aliphatic rings. The second kappa shape index (κ2) is 6.72. The van der Waals surface area contributed by atoms with E-state index in [-0.39, 0.29) is 11.9 Å².